The first-order valence-electron chi connectivity index (χ1n) is 6.38. The number of hydrogen-bond donors (Lipinski definition) is 0. The van der Waals surface area contributed by atoms with Crippen LogP contribution in [0.1, 0.15) is 44.1 Å². The molecule has 0 amide bonds. The Hall–Kier alpha value is -1.18. The van der Waals surface area contributed by atoms with E-state index in [9.17, 15) is 0 Å². The number of benzene rings is 1. The predicted octanol–water partition coefficient (Wildman–Crippen LogP) is 3.95. The highest BCUT2D eigenvalue weighted by atomic mass is 16.5. The number of hydrogen-bond acceptors (Lipinski definition) is 2. The van der Waals surface area contributed by atoms with Crippen LogP contribution in [0.3, 0.4) is 0 Å². The van der Waals surface area contributed by atoms with Crippen molar-refractivity contribution in [1.29, 1.82) is 0 Å². The Morgan fingerprint density at radius 2 is 1.94 bits per heavy atom. The standard InChI is InChI=1S/C15H21O2/c1-11(2)12-8-9-14(16-3)15(10-12)17-13-6-4-5-7-13/h8-11,13H,1,4-7H2,2-3H3. The lowest BCUT2D eigenvalue weighted by Crippen LogP contribution is -2.11. The summed E-state index contributed by atoms with van der Waals surface area (Å²) in [6.07, 6.45) is 5.23. The quantitative estimate of drug-likeness (QED) is 0.783. The van der Waals surface area contributed by atoms with E-state index < -0.39 is 0 Å². The molecule has 2 nitrogen and oxygen atoms in total. The maximum Gasteiger partial charge on any atom is 0.161 e. The Morgan fingerprint density at radius 3 is 2.53 bits per heavy atom. The summed E-state index contributed by atoms with van der Waals surface area (Å²) < 4.78 is 11.4. The van der Waals surface area contributed by atoms with E-state index in [1.54, 1.807) is 7.11 Å². The smallest absolute Gasteiger partial charge is 0.161 e. The van der Waals surface area contributed by atoms with Gasteiger partial charge in [-0.05, 0) is 56.2 Å². The lowest BCUT2D eigenvalue weighted by atomic mass is 10.0. The average Bonchev–Trinajstić information content (AvgIpc) is 2.81. The SMILES string of the molecule is [CH2]C(C)c1ccc(OC)c(OC2CCCC2)c1. The van der Waals surface area contributed by atoms with Crippen LogP contribution in [0.4, 0.5) is 0 Å². The molecule has 1 radical (unpaired) electrons. The van der Waals surface area contributed by atoms with Gasteiger partial charge in [-0.15, -0.1) is 0 Å². The van der Waals surface area contributed by atoms with Crippen molar-refractivity contribution >= 4 is 0 Å². The second-order valence-electron chi connectivity index (χ2n) is 4.84. The fourth-order valence-electron chi connectivity index (χ4n) is 2.28. The highest BCUT2D eigenvalue weighted by molar-refractivity contribution is 5.44. The normalized spacial score (nSPS) is 16.5. The summed E-state index contributed by atoms with van der Waals surface area (Å²) >= 11 is 0. The molecule has 0 spiro atoms. The molecule has 1 aliphatic carbocycles. The van der Waals surface area contributed by atoms with Crippen molar-refractivity contribution in [3.63, 3.8) is 0 Å². The van der Waals surface area contributed by atoms with Crippen molar-refractivity contribution in [2.75, 3.05) is 7.11 Å². The van der Waals surface area contributed by atoms with Crippen molar-refractivity contribution < 1.29 is 9.47 Å². The van der Waals surface area contributed by atoms with Crippen LogP contribution in [0.25, 0.3) is 0 Å². The molecule has 1 aromatic carbocycles. The van der Waals surface area contributed by atoms with Gasteiger partial charge in [-0.3, -0.25) is 0 Å². The summed E-state index contributed by atoms with van der Waals surface area (Å²) in [5, 5.41) is 0. The minimum Gasteiger partial charge on any atom is -0.493 e. The lowest BCUT2D eigenvalue weighted by Gasteiger charge is -2.17. The van der Waals surface area contributed by atoms with Gasteiger partial charge in [0.05, 0.1) is 13.2 Å². The molecule has 2 rings (SSSR count). The van der Waals surface area contributed by atoms with Crippen molar-refractivity contribution in [3.05, 3.63) is 30.7 Å². The van der Waals surface area contributed by atoms with Crippen molar-refractivity contribution in [3.8, 4) is 11.5 Å². The molecule has 0 aromatic heterocycles. The van der Waals surface area contributed by atoms with Crippen molar-refractivity contribution in [2.24, 2.45) is 0 Å². The molecule has 0 aliphatic heterocycles. The largest absolute Gasteiger partial charge is 0.493 e. The minimum atomic E-state index is 0.270. The zero-order chi connectivity index (χ0) is 12.3. The Morgan fingerprint density at radius 1 is 1.24 bits per heavy atom. The topological polar surface area (TPSA) is 18.5 Å². The van der Waals surface area contributed by atoms with Gasteiger partial charge in [0.15, 0.2) is 11.5 Å². The van der Waals surface area contributed by atoms with E-state index in [1.165, 1.54) is 18.4 Å². The van der Waals surface area contributed by atoms with Gasteiger partial charge in [0.1, 0.15) is 0 Å². The first-order chi connectivity index (χ1) is 8.20. The third-order valence-electron chi connectivity index (χ3n) is 3.35. The van der Waals surface area contributed by atoms with Crippen molar-refractivity contribution in [2.45, 2.75) is 44.6 Å². The Labute approximate surface area is 104 Å². The van der Waals surface area contributed by atoms with Crippen LogP contribution in [0.2, 0.25) is 0 Å². The molecular formula is C15H21O2. The van der Waals surface area contributed by atoms with E-state index in [1.807, 2.05) is 6.07 Å². The van der Waals surface area contributed by atoms with Crippen LogP contribution in [-0.2, 0) is 0 Å². The van der Waals surface area contributed by atoms with Gasteiger partial charge in [0, 0.05) is 0 Å². The Balaban J connectivity index is 2.19. The van der Waals surface area contributed by atoms with Gasteiger partial charge in [0.25, 0.3) is 0 Å². The summed E-state index contributed by atoms with van der Waals surface area (Å²) in [6.45, 7) is 6.13. The molecule has 0 heterocycles. The molecule has 0 saturated heterocycles. The summed E-state index contributed by atoms with van der Waals surface area (Å²) in [7, 11) is 1.68. The first kappa shape index (κ1) is 12.3. The molecule has 2 heteroatoms. The van der Waals surface area contributed by atoms with E-state index in [-0.39, 0.29) is 5.92 Å². The second kappa shape index (κ2) is 5.44. The molecule has 93 valence electrons. The van der Waals surface area contributed by atoms with Gasteiger partial charge >= 0.3 is 0 Å². The van der Waals surface area contributed by atoms with Crippen LogP contribution in [0.5, 0.6) is 11.5 Å². The van der Waals surface area contributed by atoms with Gasteiger partial charge < -0.3 is 9.47 Å². The summed E-state index contributed by atoms with van der Waals surface area (Å²) in [5.74, 6) is 1.96. The van der Waals surface area contributed by atoms with Crippen LogP contribution >= 0.6 is 0 Å². The third kappa shape index (κ3) is 2.93. The molecule has 1 atom stereocenters. The Kier molecular flexibility index (Phi) is 3.93. The molecule has 17 heavy (non-hydrogen) atoms. The minimum absolute atomic E-state index is 0.270. The molecule has 0 bridgehead atoms. The number of methoxy groups -OCH3 is 1. The Bertz CT molecular complexity index is 365. The maximum atomic E-state index is 6.04. The van der Waals surface area contributed by atoms with Crippen molar-refractivity contribution in [1.82, 2.24) is 0 Å². The van der Waals surface area contributed by atoms with Crippen LogP contribution < -0.4 is 9.47 Å². The van der Waals surface area contributed by atoms with Gasteiger partial charge in [-0.1, -0.05) is 13.0 Å². The molecule has 0 N–H and O–H groups in total. The molecule has 1 unspecified atom stereocenters. The average molecular weight is 233 g/mol. The molecule has 1 aromatic rings. The monoisotopic (exact) mass is 233 g/mol. The lowest BCUT2D eigenvalue weighted by molar-refractivity contribution is 0.200. The molecule has 1 aliphatic rings. The molecule has 1 saturated carbocycles. The van der Waals surface area contributed by atoms with Gasteiger partial charge in [-0.25, -0.2) is 0 Å². The zero-order valence-electron chi connectivity index (χ0n) is 10.7. The predicted molar refractivity (Wildman–Crippen MR) is 69.7 cm³/mol. The fourth-order valence-corrected chi connectivity index (χ4v) is 2.28. The first-order valence-corrected chi connectivity index (χ1v) is 6.38. The summed E-state index contributed by atoms with van der Waals surface area (Å²) in [4.78, 5) is 0. The maximum absolute atomic E-state index is 6.04. The highest BCUT2D eigenvalue weighted by Gasteiger charge is 2.18. The van der Waals surface area contributed by atoms with E-state index >= 15 is 0 Å². The van der Waals surface area contributed by atoms with Crippen LogP contribution in [0, 0.1) is 6.92 Å². The highest BCUT2D eigenvalue weighted by Crippen LogP contribution is 2.33. The number of rotatable bonds is 4. The van der Waals surface area contributed by atoms with Gasteiger partial charge in [0.2, 0.25) is 0 Å². The summed E-state index contributed by atoms with van der Waals surface area (Å²) in [6, 6.07) is 6.09. The van der Waals surface area contributed by atoms with Gasteiger partial charge in [-0.2, -0.15) is 0 Å². The van der Waals surface area contributed by atoms with E-state index in [2.05, 4.69) is 26.0 Å². The molecular weight excluding hydrogens is 212 g/mol. The van der Waals surface area contributed by atoms with E-state index in [0.717, 1.165) is 24.3 Å². The number of ether oxygens (including phenoxy) is 2. The fraction of sp³-hybridized carbons (Fsp3) is 0.533. The van der Waals surface area contributed by atoms with E-state index in [0.29, 0.717) is 6.10 Å². The summed E-state index contributed by atoms with van der Waals surface area (Å²) in [5.41, 5.74) is 1.19. The zero-order valence-corrected chi connectivity index (χ0v) is 10.7. The molecule has 1 fully saturated rings. The van der Waals surface area contributed by atoms with Crippen LogP contribution in [0.15, 0.2) is 18.2 Å². The van der Waals surface area contributed by atoms with E-state index in [4.69, 9.17) is 9.47 Å². The van der Waals surface area contributed by atoms with Crippen LogP contribution in [-0.4, -0.2) is 13.2 Å². The second-order valence-corrected chi connectivity index (χ2v) is 4.84. The third-order valence-corrected chi connectivity index (χ3v) is 3.35.